The second-order valence-electron chi connectivity index (χ2n) is 6.23. The Morgan fingerprint density at radius 2 is 1.71 bits per heavy atom. The topological polar surface area (TPSA) is 93.9 Å². The Hall–Kier alpha value is -3.06. The van der Waals surface area contributed by atoms with Crippen molar-refractivity contribution in [1.82, 2.24) is 4.90 Å². The summed E-state index contributed by atoms with van der Waals surface area (Å²) >= 11 is 0. The summed E-state index contributed by atoms with van der Waals surface area (Å²) in [5.41, 5.74) is 7.35. The van der Waals surface area contributed by atoms with Crippen LogP contribution in [0.2, 0.25) is 0 Å². The van der Waals surface area contributed by atoms with Gasteiger partial charge in [0.2, 0.25) is 0 Å². The molecule has 0 spiro atoms. The molecule has 0 heterocycles. The number of carbonyl (C=O) groups excluding carboxylic acids is 2. The van der Waals surface area contributed by atoms with E-state index in [0.29, 0.717) is 22.7 Å². The first kappa shape index (κ1) is 21.2. The molecule has 0 atom stereocenters. The first-order chi connectivity index (χ1) is 13.5. The van der Waals surface area contributed by atoms with Crippen molar-refractivity contribution >= 4 is 17.5 Å². The second-order valence-corrected chi connectivity index (χ2v) is 6.23. The summed E-state index contributed by atoms with van der Waals surface area (Å²) in [6.07, 6.45) is 0. The SMILES string of the molecule is CCN(CC)Cc1ccc(C(=O)Nc2ccc(OC)c(OCC(N)=O)c2)cc1. The summed E-state index contributed by atoms with van der Waals surface area (Å²) in [5, 5.41) is 2.82. The fraction of sp³-hybridized carbons (Fsp3) is 0.333. The minimum atomic E-state index is -0.596. The van der Waals surface area contributed by atoms with Gasteiger partial charge in [0.1, 0.15) is 0 Å². The fourth-order valence-corrected chi connectivity index (χ4v) is 2.69. The second kappa shape index (κ2) is 10.3. The van der Waals surface area contributed by atoms with Crippen molar-refractivity contribution in [3.63, 3.8) is 0 Å². The zero-order valence-electron chi connectivity index (χ0n) is 16.5. The molecule has 7 heteroatoms. The molecule has 0 aliphatic heterocycles. The molecule has 0 aliphatic rings. The van der Waals surface area contributed by atoms with Crippen molar-refractivity contribution < 1.29 is 19.1 Å². The molecule has 0 radical (unpaired) electrons. The number of nitrogens with zero attached hydrogens (tertiary/aromatic N) is 1. The number of anilines is 1. The molecule has 0 saturated heterocycles. The van der Waals surface area contributed by atoms with E-state index < -0.39 is 5.91 Å². The molecule has 0 unspecified atom stereocenters. The lowest BCUT2D eigenvalue weighted by atomic mass is 10.1. The van der Waals surface area contributed by atoms with Crippen LogP contribution in [-0.4, -0.2) is 43.5 Å². The Labute approximate surface area is 165 Å². The lowest BCUT2D eigenvalue weighted by Crippen LogP contribution is -2.22. The molecule has 0 bridgehead atoms. The monoisotopic (exact) mass is 385 g/mol. The summed E-state index contributed by atoms with van der Waals surface area (Å²) in [7, 11) is 1.49. The number of rotatable bonds is 10. The summed E-state index contributed by atoms with van der Waals surface area (Å²) in [4.78, 5) is 25.8. The average Bonchev–Trinajstić information content (AvgIpc) is 2.71. The van der Waals surface area contributed by atoms with Crippen LogP contribution in [-0.2, 0) is 11.3 Å². The first-order valence-corrected chi connectivity index (χ1v) is 9.18. The molecule has 0 fully saturated rings. The maximum absolute atomic E-state index is 12.5. The van der Waals surface area contributed by atoms with Crippen molar-refractivity contribution in [1.29, 1.82) is 0 Å². The number of primary amides is 1. The summed E-state index contributed by atoms with van der Waals surface area (Å²) in [6, 6.07) is 12.5. The maximum atomic E-state index is 12.5. The van der Waals surface area contributed by atoms with Gasteiger partial charge in [-0.05, 0) is 42.9 Å². The van der Waals surface area contributed by atoms with Gasteiger partial charge in [0.15, 0.2) is 18.1 Å². The summed E-state index contributed by atoms with van der Waals surface area (Å²) < 4.78 is 10.5. The molecule has 2 aromatic rings. The van der Waals surface area contributed by atoms with Crippen LogP contribution in [0.5, 0.6) is 11.5 Å². The quantitative estimate of drug-likeness (QED) is 0.656. The molecular weight excluding hydrogens is 358 g/mol. The van der Waals surface area contributed by atoms with Gasteiger partial charge in [-0.15, -0.1) is 0 Å². The zero-order chi connectivity index (χ0) is 20.5. The summed E-state index contributed by atoms with van der Waals surface area (Å²) in [6.45, 7) is 6.80. The molecule has 28 heavy (non-hydrogen) atoms. The highest BCUT2D eigenvalue weighted by Crippen LogP contribution is 2.30. The van der Waals surface area contributed by atoms with Crippen LogP contribution < -0.4 is 20.5 Å². The van der Waals surface area contributed by atoms with Gasteiger partial charge >= 0.3 is 0 Å². The van der Waals surface area contributed by atoms with Crippen LogP contribution in [0.4, 0.5) is 5.69 Å². The van der Waals surface area contributed by atoms with Crippen molar-refractivity contribution in [3.8, 4) is 11.5 Å². The lowest BCUT2D eigenvalue weighted by molar-refractivity contribution is -0.119. The molecule has 2 aromatic carbocycles. The minimum Gasteiger partial charge on any atom is -0.493 e. The Morgan fingerprint density at radius 1 is 1.04 bits per heavy atom. The van der Waals surface area contributed by atoms with Gasteiger partial charge in [-0.2, -0.15) is 0 Å². The van der Waals surface area contributed by atoms with E-state index in [1.165, 1.54) is 7.11 Å². The highest BCUT2D eigenvalue weighted by Gasteiger charge is 2.11. The van der Waals surface area contributed by atoms with Crippen LogP contribution in [0, 0.1) is 0 Å². The number of ether oxygens (including phenoxy) is 2. The average molecular weight is 385 g/mol. The van der Waals surface area contributed by atoms with Crippen LogP contribution in [0.1, 0.15) is 29.8 Å². The van der Waals surface area contributed by atoms with Gasteiger partial charge < -0.3 is 20.5 Å². The Morgan fingerprint density at radius 3 is 2.29 bits per heavy atom. The van der Waals surface area contributed by atoms with Crippen LogP contribution >= 0.6 is 0 Å². The molecule has 0 aliphatic carbocycles. The van der Waals surface area contributed by atoms with Crippen molar-refractivity contribution in [3.05, 3.63) is 53.6 Å². The number of nitrogens with one attached hydrogen (secondary N) is 1. The van der Waals surface area contributed by atoms with Gasteiger partial charge in [-0.25, -0.2) is 0 Å². The predicted octanol–water partition coefficient (Wildman–Crippen LogP) is 2.65. The van der Waals surface area contributed by atoms with E-state index in [4.69, 9.17) is 15.2 Å². The standard InChI is InChI=1S/C21H27N3O4/c1-4-24(5-2)13-15-6-8-16(9-7-15)21(26)23-17-10-11-18(27-3)19(12-17)28-14-20(22)25/h6-12H,4-5,13-14H2,1-3H3,(H2,22,25)(H,23,26). The highest BCUT2D eigenvalue weighted by molar-refractivity contribution is 6.04. The molecule has 7 nitrogen and oxygen atoms in total. The normalized spacial score (nSPS) is 10.6. The maximum Gasteiger partial charge on any atom is 0.255 e. The number of methoxy groups -OCH3 is 1. The Kier molecular flexibility index (Phi) is 7.83. The molecule has 2 amide bonds. The first-order valence-electron chi connectivity index (χ1n) is 9.18. The molecule has 0 aromatic heterocycles. The largest absolute Gasteiger partial charge is 0.493 e. The van der Waals surface area contributed by atoms with Crippen molar-refractivity contribution in [2.45, 2.75) is 20.4 Å². The van der Waals surface area contributed by atoms with E-state index in [1.54, 1.807) is 18.2 Å². The van der Waals surface area contributed by atoms with Gasteiger partial charge in [0, 0.05) is 23.9 Å². The third kappa shape index (κ3) is 5.99. The minimum absolute atomic E-state index is 0.236. The molecule has 0 saturated carbocycles. The number of hydrogen-bond acceptors (Lipinski definition) is 5. The van der Waals surface area contributed by atoms with Crippen LogP contribution in [0.25, 0.3) is 0 Å². The van der Waals surface area contributed by atoms with E-state index >= 15 is 0 Å². The molecular formula is C21H27N3O4. The van der Waals surface area contributed by atoms with E-state index in [9.17, 15) is 9.59 Å². The van der Waals surface area contributed by atoms with Crippen LogP contribution in [0.15, 0.2) is 42.5 Å². The number of benzene rings is 2. The molecule has 2 rings (SSSR count). The Bertz CT molecular complexity index is 802. The molecule has 150 valence electrons. The molecule has 3 N–H and O–H groups in total. The number of hydrogen-bond donors (Lipinski definition) is 2. The number of nitrogens with two attached hydrogens (primary N) is 1. The van der Waals surface area contributed by atoms with E-state index in [0.717, 1.165) is 25.2 Å². The van der Waals surface area contributed by atoms with Gasteiger partial charge in [-0.3, -0.25) is 14.5 Å². The van der Waals surface area contributed by atoms with E-state index in [-0.39, 0.29) is 12.5 Å². The Balaban J connectivity index is 2.07. The number of amides is 2. The van der Waals surface area contributed by atoms with Gasteiger partial charge in [0.25, 0.3) is 11.8 Å². The van der Waals surface area contributed by atoms with E-state index in [2.05, 4.69) is 24.1 Å². The smallest absolute Gasteiger partial charge is 0.255 e. The fourth-order valence-electron chi connectivity index (χ4n) is 2.69. The van der Waals surface area contributed by atoms with Gasteiger partial charge in [0.05, 0.1) is 7.11 Å². The zero-order valence-corrected chi connectivity index (χ0v) is 16.5. The predicted molar refractivity (Wildman–Crippen MR) is 109 cm³/mol. The van der Waals surface area contributed by atoms with E-state index in [1.807, 2.05) is 24.3 Å². The van der Waals surface area contributed by atoms with Crippen molar-refractivity contribution in [2.75, 3.05) is 32.1 Å². The van der Waals surface area contributed by atoms with Crippen molar-refractivity contribution in [2.24, 2.45) is 5.73 Å². The van der Waals surface area contributed by atoms with Gasteiger partial charge in [-0.1, -0.05) is 26.0 Å². The third-order valence-electron chi connectivity index (χ3n) is 4.31. The van der Waals surface area contributed by atoms with Crippen LogP contribution in [0.3, 0.4) is 0 Å². The lowest BCUT2D eigenvalue weighted by Gasteiger charge is -2.18. The summed E-state index contributed by atoms with van der Waals surface area (Å²) in [5.74, 6) is -0.0598. The number of carbonyl (C=O) groups is 2. The third-order valence-corrected chi connectivity index (χ3v) is 4.31. The highest BCUT2D eigenvalue weighted by atomic mass is 16.5.